The summed E-state index contributed by atoms with van der Waals surface area (Å²) >= 11 is 0. The van der Waals surface area contributed by atoms with E-state index in [9.17, 15) is 4.57 Å². The van der Waals surface area contributed by atoms with Crippen molar-refractivity contribution in [1.29, 1.82) is 0 Å². The Balaban J connectivity index is 2.01. The lowest BCUT2D eigenvalue weighted by molar-refractivity contribution is 0.592. The van der Waals surface area contributed by atoms with Crippen molar-refractivity contribution in [2.24, 2.45) is 0 Å². The van der Waals surface area contributed by atoms with E-state index in [1.165, 1.54) is 0 Å². The van der Waals surface area contributed by atoms with E-state index in [0.717, 1.165) is 38.2 Å². The molecule has 1 heterocycles. The average molecular weight is 352 g/mol. The highest BCUT2D eigenvalue weighted by Gasteiger charge is 2.36. The molecule has 0 unspecified atom stereocenters. The Hall–Kier alpha value is -2.89. The van der Waals surface area contributed by atoms with Gasteiger partial charge in [-0.25, -0.2) is 0 Å². The Morgan fingerprint density at radius 2 is 0.808 bits per heavy atom. The number of hydrogen-bond donors (Lipinski definition) is 0. The van der Waals surface area contributed by atoms with Gasteiger partial charge < -0.3 is 4.57 Å². The number of hydrogen-bond acceptors (Lipinski definition) is 1. The van der Waals surface area contributed by atoms with Crippen LogP contribution in [0.25, 0.3) is 22.3 Å². The van der Waals surface area contributed by atoms with E-state index < -0.39 is 7.14 Å². The van der Waals surface area contributed by atoms with Gasteiger partial charge in [0, 0.05) is 15.9 Å². The van der Waals surface area contributed by atoms with Crippen molar-refractivity contribution in [3.63, 3.8) is 0 Å². The zero-order valence-electron chi connectivity index (χ0n) is 14.2. The Labute approximate surface area is 153 Å². The lowest BCUT2D eigenvalue weighted by atomic mass is 9.95. The van der Waals surface area contributed by atoms with Gasteiger partial charge in [-0.2, -0.15) is 0 Å². The Morgan fingerprint density at radius 1 is 0.423 bits per heavy atom. The third-order valence-electron chi connectivity index (χ3n) is 5.11. The summed E-state index contributed by atoms with van der Waals surface area (Å²) in [5.74, 6) is 0. The van der Waals surface area contributed by atoms with Crippen LogP contribution in [-0.4, -0.2) is 0 Å². The highest BCUT2D eigenvalue weighted by Crippen LogP contribution is 2.51. The molecule has 0 aliphatic carbocycles. The van der Waals surface area contributed by atoms with Crippen molar-refractivity contribution < 1.29 is 4.57 Å². The SMILES string of the molecule is O=P1(c2ccccc2)c2ccccc2-c2ccccc2-c2ccccc21. The maximum absolute atomic E-state index is 14.8. The van der Waals surface area contributed by atoms with Crippen LogP contribution in [0.5, 0.6) is 0 Å². The van der Waals surface area contributed by atoms with Gasteiger partial charge in [0.1, 0.15) is 0 Å². The molecule has 1 aliphatic heterocycles. The molecule has 0 amide bonds. The van der Waals surface area contributed by atoms with Crippen molar-refractivity contribution in [2.45, 2.75) is 0 Å². The topological polar surface area (TPSA) is 17.1 Å². The summed E-state index contributed by atoms with van der Waals surface area (Å²) in [6.45, 7) is 0. The van der Waals surface area contributed by atoms with Crippen molar-refractivity contribution in [1.82, 2.24) is 0 Å². The van der Waals surface area contributed by atoms with E-state index in [1.54, 1.807) is 0 Å². The molecule has 124 valence electrons. The second-order valence-electron chi connectivity index (χ2n) is 6.52. The summed E-state index contributed by atoms with van der Waals surface area (Å²) < 4.78 is 14.8. The summed E-state index contributed by atoms with van der Waals surface area (Å²) in [6.07, 6.45) is 0. The molecule has 2 heteroatoms. The van der Waals surface area contributed by atoms with Gasteiger partial charge in [0.05, 0.1) is 0 Å². The van der Waals surface area contributed by atoms with Gasteiger partial charge in [-0.3, -0.25) is 0 Å². The molecule has 0 atom stereocenters. The highest BCUT2D eigenvalue weighted by molar-refractivity contribution is 7.85. The molecule has 1 nitrogen and oxygen atoms in total. The van der Waals surface area contributed by atoms with Gasteiger partial charge in [0.15, 0.2) is 7.14 Å². The van der Waals surface area contributed by atoms with Crippen LogP contribution in [0.4, 0.5) is 0 Å². The first-order valence-corrected chi connectivity index (χ1v) is 10.5. The maximum Gasteiger partial charge on any atom is 0.172 e. The Bertz CT molecular complexity index is 1090. The predicted octanol–water partition coefficient (Wildman–Crippen LogP) is 4.97. The summed E-state index contributed by atoms with van der Waals surface area (Å²) in [5.41, 5.74) is 4.41. The molecule has 0 N–H and O–H groups in total. The second kappa shape index (κ2) is 5.83. The summed E-state index contributed by atoms with van der Waals surface area (Å²) in [4.78, 5) is 0. The normalized spacial score (nSPS) is 13.8. The number of benzene rings is 4. The second-order valence-corrected chi connectivity index (χ2v) is 9.22. The van der Waals surface area contributed by atoms with Crippen LogP contribution in [0.2, 0.25) is 0 Å². The fourth-order valence-corrected chi connectivity index (χ4v) is 7.02. The molecule has 0 fully saturated rings. The van der Waals surface area contributed by atoms with Crippen LogP contribution >= 0.6 is 7.14 Å². The van der Waals surface area contributed by atoms with Crippen molar-refractivity contribution in [3.8, 4) is 22.3 Å². The molecular weight excluding hydrogens is 335 g/mol. The molecule has 0 spiro atoms. The quantitative estimate of drug-likeness (QED) is 0.389. The van der Waals surface area contributed by atoms with Gasteiger partial charge in [0.2, 0.25) is 0 Å². The zero-order valence-corrected chi connectivity index (χ0v) is 15.1. The number of rotatable bonds is 1. The van der Waals surface area contributed by atoms with Crippen molar-refractivity contribution in [3.05, 3.63) is 103 Å². The summed E-state index contributed by atoms with van der Waals surface area (Å²) in [6, 6.07) is 34.5. The lowest BCUT2D eigenvalue weighted by Gasteiger charge is -2.21. The zero-order chi connectivity index (χ0) is 17.6. The largest absolute Gasteiger partial charge is 0.309 e. The molecular formula is C24H17OP. The fraction of sp³-hybridized carbons (Fsp3) is 0. The molecule has 0 aromatic heterocycles. The first-order valence-electron chi connectivity index (χ1n) is 8.75. The third kappa shape index (κ3) is 2.08. The van der Waals surface area contributed by atoms with E-state index in [-0.39, 0.29) is 0 Å². The molecule has 5 rings (SSSR count). The van der Waals surface area contributed by atoms with Gasteiger partial charge in [-0.1, -0.05) is 103 Å². The first kappa shape index (κ1) is 15.4. The summed E-state index contributed by atoms with van der Waals surface area (Å²) in [7, 11) is -2.97. The van der Waals surface area contributed by atoms with E-state index in [1.807, 2.05) is 66.7 Å². The van der Waals surface area contributed by atoms with Crippen LogP contribution in [0, 0.1) is 0 Å². The summed E-state index contributed by atoms with van der Waals surface area (Å²) in [5, 5.41) is 2.72. The minimum atomic E-state index is -2.97. The molecule has 0 bridgehead atoms. The number of fused-ring (bicyclic) bond motifs is 5. The Morgan fingerprint density at radius 3 is 1.31 bits per heavy atom. The molecule has 1 aliphatic rings. The van der Waals surface area contributed by atoms with E-state index in [4.69, 9.17) is 0 Å². The smallest absolute Gasteiger partial charge is 0.172 e. The van der Waals surface area contributed by atoms with Crippen LogP contribution < -0.4 is 15.9 Å². The third-order valence-corrected chi connectivity index (χ3v) is 8.28. The minimum Gasteiger partial charge on any atom is -0.309 e. The predicted molar refractivity (Wildman–Crippen MR) is 110 cm³/mol. The molecule has 0 saturated heterocycles. The Kier molecular flexibility index (Phi) is 3.45. The minimum absolute atomic E-state index is 0.882. The van der Waals surface area contributed by atoms with Crippen LogP contribution in [0.1, 0.15) is 0 Å². The van der Waals surface area contributed by atoms with Crippen LogP contribution in [0.15, 0.2) is 103 Å². The van der Waals surface area contributed by atoms with Gasteiger partial charge in [-0.15, -0.1) is 0 Å². The monoisotopic (exact) mass is 352 g/mol. The van der Waals surface area contributed by atoms with E-state index in [2.05, 4.69) is 36.4 Å². The maximum atomic E-state index is 14.8. The molecule has 0 radical (unpaired) electrons. The lowest BCUT2D eigenvalue weighted by Crippen LogP contribution is -2.26. The van der Waals surface area contributed by atoms with Gasteiger partial charge >= 0.3 is 0 Å². The van der Waals surface area contributed by atoms with Gasteiger partial charge in [0.25, 0.3) is 0 Å². The molecule has 4 aromatic rings. The van der Waals surface area contributed by atoms with Crippen LogP contribution in [0.3, 0.4) is 0 Å². The average Bonchev–Trinajstić information content (AvgIpc) is 2.82. The molecule has 26 heavy (non-hydrogen) atoms. The van der Waals surface area contributed by atoms with Crippen LogP contribution in [-0.2, 0) is 4.57 Å². The first-order chi connectivity index (χ1) is 12.8. The van der Waals surface area contributed by atoms with E-state index >= 15 is 0 Å². The van der Waals surface area contributed by atoms with Crippen molar-refractivity contribution >= 4 is 23.1 Å². The van der Waals surface area contributed by atoms with Gasteiger partial charge in [-0.05, 0) is 22.3 Å². The van der Waals surface area contributed by atoms with E-state index in [0.29, 0.717) is 0 Å². The standard InChI is InChI=1S/C24H17OP/c25-26(18-10-2-1-3-11-18)23-16-8-6-14-21(23)19-12-4-5-13-20(19)22-15-7-9-17-24(22)26/h1-17H. The van der Waals surface area contributed by atoms with Crippen molar-refractivity contribution in [2.75, 3.05) is 0 Å². The highest BCUT2D eigenvalue weighted by atomic mass is 31.2. The molecule has 0 saturated carbocycles. The molecule has 4 aromatic carbocycles. The fourth-order valence-electron chi connectivity index (χ4n) is 3.95.